The van der Waals surface area contributed by atoms with Crippen LogP contribution in [0.5, 0.6) is 0 Å². The topological polar surface area (TPSA) is 121 Å². The van der Waals surface area contributed by atoms with Crippen molar-refractivity contribution < 1.29 is 24.6 Å². The largest absolute Gasteiger partial charge is 0.480 e. The van der Waals surface area contributed by atoms with Gasteiger partial charge < -0.3 is 20.8 Å². The van der Waals surface area contributed by atoms with Crippen LogP contribution in [0.1, 0.15) is 0 Å². The molecule has 1 amide bonds. The number of nitrogens with zero attached hydrogens (tertiary/aromatic N) is 1. The molecule has 0 saturated carbocycles. The molecule has 15 heavy (non-hydrogen) atoms. The average Bonchev–Trinajstić information content (AvgIpc) is 2.13. The van der Waals surface area contributed by atoms with E-state index >= 15 is 0 Å². The summed E-state index contributed by atoms with van der Waals surface area (Å²) in [6.07, 6.45) is 0. The lowest BCUT2D eigenvalue weighted by molar-refractivity contribution is -0.149. The van der Waals surface area contributed by atoms with Crippen LogP contribution in [0.25, 0.3) is 0 Å². The van der Waals surface area contributed by atoms with Gasteiger partial charge in [-0.05, 0) is 0 Å². The number of hydrogen-bond acceptors (Lipinski definition) is 5. The normalized spacial score (nSPS) is 11.9. The summed E-state index contributed by atoms with van der Waals surface area (Å²) in [6.45, 7) is -1.38. The number of carbonyl (C=O) groups excluding carboxylic acids is 1. The summed E-state index contributed by atoms with van der Waals surface area (Å²) in [5, 5.41) is 16.9. The van der Waals surface area contributed by atoms with Crippen molar-refractivity contribution in [2.24, 2.45) is 5.73 Å². The van der Waals surface area contributed by atoms with Gasteiger partial charge in [-0.15, -0.1) is 0 Å². The van der Waals surface area contributed by atoms with E-state index in [0.717, 1.165) is 0 Å². The lowest BCUT2D eigenvalue weighted by Gasteiger charge is -2.21. The fourth-order valence-corrected chi connectivity index (χ4v) is 1.01. The Hall–Kier alpha value is -1.28. The lowest BCUT2D eigenvalue weighted by atomic mass is 10.3. The van der Waals surface area contributed by atoms with Crippen molar-refractivity contribution in [1.29, 1.82) is 0 Å². The number of amides is 1. The van der Waals surface area contributed by atoms with Crippen LogP contribution in [0, 0.1) is 0 Å². The monoisotopic (exact) mass is 236 g/mol. The van der Waals surface area contributed by atoms with E-state index in [0.29, 0.717) is 4.90 Å². The molecule has 0 spiro atoms. The molecule has 0 fully saturated rings. The van der Waals surface area contributed by atoms with E-state index in [1.165, 1.54) is 0 Å². The second-order valence-corrected chi connectivity index (χ2v) is 3.14. The Labute approximate surface area is 91.3 Å². The first-order valence-electron chi connectivity index (χ1n) is 3.97. The third-order valence-electron chi connectivity index (χ3n) is 1.48. The minimum Gasteiger partial charge on any atom is -0.480 e. The molecule has 7 nitrogen and oxygen atoms in total. The standard InChI is InChI=1S/C7H12N2O5S/c8-4(3-15)7(14)9(1-5(10)11)2-6(12)13/h4,15H,1-3,8H2,(H,10,11)(H,12,13). The maximum atomic E-state index is 11.4. The molecule has 0 aliphatic carbocycles. The molecule has 8 heteroatoms. The van der Waals surface area contributed by atoms with Gasteiger partial charge in [-0.25, -0.2) is 0 Å². The summed E-state index contributed by atoms with van der Waals surface area (Å²) < 4.78 is 0. The van der Waals surface area contributed by atoms with E-state index in [1.54, 1.807) is 0 Å². The minimum atomic E-state index is -1.30. The molecule has 0 heterocycles. The molecule has 0 rings (SSSR count). The van der Waals surface area contributed by atoms with Crippen LogP contribution in [0.2, 0.25) is 0 Å². The smallest absolute Gasteiger partial charge is 0.323 e. The third kappa shape index (κ3) is 5.23. The predicted molar refractivity (Wildman–Crippen MR) is 53.7 cm³/mol. The van der Waals surface area contributed by atoms with Crippen LogP contribution >= 0.6 is 12.6 Å². The summed E-state index contributed by atoms with van der Waals surface area (Å²) in [7, 11) is 0. The van der Waals surface area contributed by atoms with Crippen molar-refractivity contribution in [3.63, 3.8) is 0 Å². The molecule has 0 aliphatic rings. The molecule has 86 valence electrons. The van der Waals surface area contributed by atoms with Gasteiger partial charge in [0, 0.05) is 5.75 Å². The molecule has 0 saturated heterocycles. The number of nitrogens with two attached hydrogens (primary N) is 1. The van der Waals surface area contributed by atoms with Crippen LogP contribution in [0.4, 0.5) is 0 Å². The first-order chi connectivity index (χ1) is 6.88. The lowest BCUT2D eigenvalue weighted by Crippen LogP contribution is -2.48. The van der Waals surface area contributed by atoms with Crippen LogP contribution < -0.4 is 5.73 Å². The van der Waals surface area contributed by atoms with Crippen LogP contribution in [-0.2, 0) is 14.4 Å². The molecule has 0 aromatic rings. The van der Waals surface area contributed by atoms with Gasteiger partial charge in [-0.1, -0.05) is 0 Å². The van der Waals surface area contributed by atoms with E-state index in [2.05, 4.69) is 12.6 Å². The molecule has 1 unspecified atom stereocenters. The minimum absolute atomic E-state index is 0.0224. The zero-order valence-corrected chi connectivity index (χ0v) is 8.68. The number of hydrogen-bond donors (Lipinski definition) is 4. The molecule has 0 bridgehead atoms. The number of carbonyl (C=O) groups is 3. The second kappa shape index (κ2) is 6.25. The quantitative estimate of drug-likeness (QED) is 0.405. The number of thiol groups is 1. The zero-order chi connectivity index (χ0) is 12.0. The maximum absolute atomic E-state index is 11.4. The fraction of sp³-hybridized carbons (Fsp3) is 0.571. The highest BCUT2D eigenvalue weighted by Crippen LogP contribution is 1.96. The van der Waals surface area contributed by atoms with E-state index < -0.39 is 37.0 Å². The Morgan fingerprint density at radius 3 is 1.87 bits per heavy atom. The maximum Gasteiger partial charge on any atom is 0.323 e. The van der Waals surface area contributed by atoms with Crippen LogP contribution in [0.15, 0.2) is 0 Å². The van der Waals surface area contributed by atoms with E-state index in [4.69, 9.17) is 15.9 Å². The highest BCUT2D eigenvalue weighted by molar-refractivity contribution is 7.80. The molecule has 1 atom stereocenters. The van der Waals surface area contributed by atoms with Gasteiger partial charge in [0.2, 0.25) is 5.91 Å². The number of carboxylic acid groups (broad SMARTS) is 2. The Balaban J connectivity index is 4.53. The van der Waals surface area contributed by atoms with Gasteiger partial charge in [0.25, 0.3) is 0 Å². The summed E-state index contributed by atoms with van der Waals surface area (Å²) in [4.78, 5) is 32.7. The SMILES string of the molecule is NC(CS)C(=O)N(CC(=O)O)CC(=O)O. The van der Waals surface area contributed by atoms with Crippen LogP contribution in [0.3, 0.4) is 0 Å². The van der Waals surface area contributed by atoms with E-state index in [9.17, 15) is 14.4 Å². The molecule has 4 N–H and O–H groups in total. The molecule has 0 radical (unpaired) electrons. The molecule has 0 aromatic heterocycles. The first kappa shape index (κ1) is 13.7. The van der Waals surface area contributed by atoms with Gasteiger partial charge in [-0.2, -0.15) is 12.6 Å². The predicted octanol–water partition coefficient (Wildman–Crippen LogP) is -1.76. The molecular weight excluding hydrogens is 224 g/mol. The first-order valence-corrected chi connectivity index (χ1v) is 4.60. The Bertz CT molecular complexity index is 254. The van der Waals surface area contributed by atoms with Crippen molar-refractivity contribution >= 4 is 30.5 Å². The summed E-state index contributed by atoms with van der Waals surface area (Å²) in [5.74, 6) is -3.31. The Kier molecular flexibility index (Phi) is 5.72. The number of carboxylic acids is 2. The van der Waals surface area contributed by atoms with Crippen molar-refractivity contribution in [1.82, 2.24) is 4.90 Å². The fourth-order valence-electron chi connectivity index (χ4n) is 0.851. The van der Waals surface area contributed by atoms with Gasteiger partial charge in [0.05, 0.1) is 6.04 Å². The highest BCUT2D eigenvalue weighted by Gasteiger charge is 2.23. The third-order valence-corrected chi connectivity index (χ3v) is 1.87. The van der Waals surface area contributed by atoms with Crippen molar-refractivity contribution in [3.05, 3.63) is 0 Å². The van der Waals surface area contributed by atoms with Crippen molar-refractivity contribution in [2.75, 3.05) is 18.8 Å². The Morgan fingerprint density at radius 2 is 1.60 bits per heavy atom. The summed E-state index contributed by atoms with van der Waals surface area (Å²) in [6, 6.07) is -0.993. The second-order valence-electron chi connectivity index (χ2n) is 2.77. The van der Waals surface area contributed by atoms with E-state index in [1.807, 2.05) is 0 Å². The van der Waals surface area contributed by atoms with Crippen LogP contribution in [-0.4, -0.2) is 57.8 Å². The number of aliphatic carboxylic acids is 2. The number of rotatable bonds is 6. The average molecular weight is 236 g/mol. The molecular formula is C7H12N2O5S. The summed E-state index contributed by atoms with van der Waals surface area (Å²) in [5.41, 5.74) is 5.32. The van der Waals surface area contributed by atoms with Gasteiger partial charge >= 0.3 is 11.9 Å². The molecule has 0 aliphatic heterocycles. The van der Waals surface area contributed by atoms with Gasteiger partial charge in [0.15, 0.2) is 0 Å². The Morgan fingerprint density at radius 1 is 1.20 bits per heavy atom. The van der Waals surface area contributed by atoms with Gasteiger partial charge in [0.1, 0.15) is 13.1 Å². The molecule has 0 aromatic carbocycles. The van der Waals surface area contributed by atoms with Gasteiger partial charge in [-0.3, -0.25) is 14.4 Å². The summed E-state index contributed by atoms with van der Waals surface area (Å²) >= 11 is 3.76. The highest BCUT2D eigenvalue weighted by atomic mass is 32.1. The zero-order valence-electron chi connectivity index (χ0n) is 7.79. The van der Waals surface area contributed by atoms with Crippen molar-refractivity contribution in [2.45, 2.75) is 6.04 Å². The van der Waals surface area contributed by atoms with Crippen molar-refractivity contribution in [3.8, 4) is 0 Å². The van der Waals surface area contributed by atoms with E-state index in [-0.39, 0.29) is 5.75 Å².